The normalized spacial score (nSPS) is 12.3. The highest BCUT2D eigenvalue weighted by Crippen LogP contribution is 2.18. The zero-order valence-electron chi connectivity index (χ0n) is 11.4. The zero-order valence-corrected chi connectivity index (χ0v) is 11.4. The second kappa shape index (κ2) is 6.34. The molecule has 0 aliphatic carbocycles. The predicted molar refractivity (Wildman–Crippen MR) is 80.3 cm³/mol. The molecule has 0 saturated heterocycles. The van der Waals surface area contributed by atoms with E-state index in [0.29, 0.717) is 12.6 Å². The Morgan fingerprint density at radius 1 is 1.16 bits per heavy atom. The molecule has 1 atom stereocenters. The van der Waals surface area contributed by atoms with E-state index in [4.69, 9.17) is 0 Å². The number of amides is 1. The maximum Gasteiger partial charge on any atom is 0.238 e. The average molecular weight is 256 g/mol. The fourth-order valence-electron chi connectivity index (χ4n) is 1.88. The largest absolute Gasteiger partial charge is 0.325 e. The van der Waals surface area contributed by atoms with E-state index in [9.17, 15) is 4.79 Å². The van der Waals surface area contributed by atoms with Crippen molar-refractivity contribution in [3.05, 3.63) is 42.5 Å². The number of nitrogens with one attached hydrogen (secondary N) is 2. The summed E-state index contributed by atoms with van der Waals surface area (Å²) >= 11 is 0. The lowest BCUT2D eigenvalue weighted by Gasteiger charge is -2.11. The lowest BCUT2D eigenvalue weighted by atomic mass is 10.1. The highest BCUT2D eigenvalue weighted by Gasteiger charge is 2.04. The molecular weight excluding hydrogens is 236 g/mol. The molecule has 2 aromatic rings. The minimum Gasteiger partial charge on any atom is -0.325 e. The Labute approximate surface area is 114 Å². The summed E-state index contributed by atoms with van der Waals surface area (Å²) in [6.07, 6.45) is 1.02. The molecule has 0 spiro atoms. The molecule has 0 aromatic heterocycles. The molecule has 2 rings (SSSR count). The van der Waals surface area contributed by atoms with E-state index < -0.39 is 0 Å². The lowest BCUT2D eigenvalue weighted by Crippen LogP contribution is -2.33. The van der Waals surface area contributed by atoms with Gasteiger partial charge < -0.3 is 10.6 Å². The van der Waals surface area contributed by atoms with E-state index >= 15 is 0 Å². The summed E-state index contributed by atoms with van der Waals surface area (Å²) in [5, 5.41) is 8.40. The van der Waals surface area contributed by atoms with Gasteiger partial charge in [-0.3, -0.25) is 4.79 Å². The Morgan fingerprint density at radius 3 is 2.63 bits per heavy atom. The Morgan fingerprint density at radius 2 is 1.89 bits per heavy atom. The van der Waals surface area contributed by atoms with Crippen LogP contribution in [0.1, 0.15) is 20.3 Å². The van der Waals surface area contributed by atoms with Crippen molar-refractivity contribution in [2.24, 2.45) is 0 Å². The number of hydrogen-bond acceptors (Lipinski definition) is 2. The summed E-state index contributed by atoms with van der Waals surface area (Å²) in [6.45, 7) is 4.52. The maximum absolute atomic E-state index is 11.8. The first-order valence-corrected chi connectivity index (χ1v) is 6.71. The third-order valence-electron chi connectivity index (χ3n) is 3.26. The summed E-state index contributed by atoms with van der Waals surface area (Å²) < 4.78 is 0. The molecule has 0 saturated carbocycles. The summed E-state index contributed by atoms with van der Waals surface area (Å²) in [7, 11) is 0. The zero-order chi connectivity index (χ0) is 13.7. The number of hydrogen-bond donors (Lipinski definition) is 2. The molecule has 0 bridgehead atoms. The molecule has 0 aliphatic heterocycles. The van der Waals surface area contributed by atoms with Gasteiger partial charge in [0.05, 0.1) is 6.54 Å². The van der Waals surface area contributed by atoms with Crippen molar-refractivity contribution in [3.63, 3.8) is 0 Å². The van der Waals surface area contributed by atoms with E-state index in [1.54, 1.807) is 0 Å². The standard InChI is InChI=1S/C16H20N2O/c1-3-12(2)17-11-16(19)18-15-9-8-13-6-4-5-7-14(13)10-15/h4-10,12,17H,3,11H2,1-2H3,(H,18,19). The Bertz CT molecular complexity index is 565. The van der Waals surface area contributed by atoms with Crippen LogP contribution in [0.25, 0.3) is 10.8 Å². The van der Waals surface area contributed by atoms with Crippen LogP contribution >= 0.6 is 0 Å². The van der Waals surface area contributed by atoms with E-state index in [2.05, 4.69) is 30.5 Å². The molecule has 0 heterocycles. The van der Waals surface area contributed by atoms with Crippen LogP contribution in [0.2, 0.25) is 0 Å². The van der Waals surface area contributed by atoms with Crippen LogP contribution in [0.4, 0.5) is 5.69 Å². The molecule has 2 aromatic carbocycles. The minimum atomic E-state index is -0.00409. The van der Waals surface area contributed by atoms with Crippen molar-refractivity contribution in [2.75, 3.05) is 11.9 Å². The van der Waals surface area contributed by atoms with Gasteiger partial charge in [-0.2, -0.15) is 0 Å². The SMILES string of the molecule is CCC(C)NCC(=O)Nc1ccc2ccccc2c1. The second-order valence-corrected chi connectivity index (χ2v) is 4.80. The second-order valence-electron chi connectivity index (χ2n) is 4.80. The number of rotatable bonds is 5. The monoisotopic (exact) mass is 256 g/mol. The molecule has 3 nitrogen and oxygen atoms in total. The van der Waals surface area contributed by atoms with Gasteiger partial charge in [-0.25, -0.2) is 0 Å². The van der Waals surface area contributed by atoms with Gasteiger partial charge in [-0.1, -0.05) is 37.3 Å². The van der Waals surface area contributed by atoms with E-state index in [1.165, 1.54) is 5.39 Å². The van der Waals surface area contributed by atoms with Crippen molar-refractivity contribution in [3.8, 4) is 0 Å². The average Bonchev–Trinajstić information content (AvgIpc) is 2.44. The summed E-state index contributed by atoms with van der Waals surface area (Å²) in [5.74, 6) is -0.00409. The Hall–Kier alpha value is -1.87. The van der Waals surface area contributed by atoms with E-state index in [0.717, 1.165) is 17.5 Å². The molecule has 0 radical (unpaired) electrons. The first-order valence-electron chi connectivity index (χ1n) is 6.71. The molecule has 1 amide bonds. The summed E-state index contributed by atoms with van der Waals surface area (Å²) in [4.78, 5) is 11.8. The highest BCUT2D eigenvalue weighted by molar-refractivity contribution is 5.95. The Balaban J connectivity index is 1.99. The van der Waals surface area contributed by atoms with Gasteiger partial charge in [0.25, 0.3) is 0 Å². The number of anilines is 1. The predicted octanol–water partition coefficient (Wildman–Crippen LogP) is 3.17. The number of carbonyl (C=O) groups excluding carboxylic acids is 1. The quantitative estimate of drug-likeness (QED) is 0.862. The molecule has 100 valence electrons. The van der Waals surface area contributed by atoms with Gasteiger partial charge in [0.1, 0.15) is 0 Å². The lowest BCUT2D eigenvalue weighted by molar-refractivity contribution is -0.115. The van der Waals surface area contributed by atoms with Crippen LogP contribution in [-0.2, 0) is 4.79 Å². The minimum absolute atomic E-state index is 0.00409. The van der Waals surface area contributed by atoms with Crippen molar-refractivity contribution in [2.45, 2.75) is 26.3 Å². The van der Waals surface area contributed by atoms with Crippen molar-refractivity contribution in [1.82, 2.24) is 5.32 Å². The van der Waals surface area contributed by atoms with Gasteiger partial charge >= 0.3 is 0 Å². The summed E-state index contributed by atoms with van der Waals surface area (Å²) in [6, 6.07) is 14.4. The first-order chi connectivity index (χ1) is 9.19. The molecule has 2 N–H and O–H groups in total. The Kier molecular flexibility index (Phi) is 4.53. The van der Waals surface area contributed by atoms with Crippen LogP contribution in [-0.4, -0.2) is 18.5 Å². The highest BCUT2D eigenvalue weighted by atomic mass is 16.1. The van der Waals surface area contributed by atoms with Crippen LogP contribution in [0, 0.1) is 0 Å². The fourth-order valence-corrected chi connectivity index (χ4v) is 1.88. The molecular formula is C16H20N2O. The van der Waals surface area contributed by atoms with Crippen molar-refractivity contribution < 1.29 is 4.79 Å². The van der Waals surface area contributed by atoms with Crippen LogP contribution in [0.5, 0.6) is 0 Å². The molecule has 0 aliphatic rings. The third kappa shape index (κ3) is 3.80. The van der Waals surface area contributed by atoms with Gasteiger partial charge in [-0.15, -0.1) is 0 Å². The number of carbonyl (C=O) groups is 1. The first kappa shape index (κ1) is 13.6. The van der Waals surface area contributed by atoms with Gasteiger partial charge in [-0.05, 0) is 36.2 Å². The van der Waals surface area contributed by atoms with Gasteiger partial charge in [0.15, 0.2) is 0 Å². The number of fused-ring (bicyclic) bond motifs is 1. The van der Waals surface area contributed by atoms with Crippen molar-refractivity contribution >= 4 is 22.4 Å². The third-order valence-corrected chi connectivity index (χ3v) is 3.26. The topological polar surface area (TPSA) is 41.1 Å². The smallest absolute Gasteiger partial charge is 0.238 e. The van der Waals surface area contributed by atoms with Crippen LogP contribution in [0.15, 0.2) is 42.5 Å². The van der Waals surface area contributed by atoms with Crippen molar-refractivity contribution in [1.29, 1.82) is 0 Å². The van der Waals surface area contributed by atoms with E-state index in [-0.39, 0.29) is 5.91 Å². The van der Waals surface area contributed by atoms with Crippen LogP contribution < -0.4 is 10.6 Å². The maximum atomic E-state index is 11.8. The summed E-state index contributed by atoms with van der Waals surface area (Å²) in [5.41, 5.74) is 0.842. The van der Waals surface area contributed by atoms with Crippen LogP contribution in [0.3, 0.4) is 0 Å². The number of benzene rings is 2. The van der Waals surface area contributed by atoms with Gasteiger partial charge in [0, 0.05) is 11.7 Å². The molecule has 1 unspecified atom stereocenters. The molecule has 19 heavy (non-hydrogen) atoms. The molecule has 3 heteroatoms. The fraction of sp³-hybridized carbons (Fsp3) is 0.312. The molecule has 0 fully saturated rings. The van der Waals surface area contributed by atoms with Gasteiger partial charge in [0.2, 0.25) is 5.91 Å². The van der Waals surface area contributed by atoms with E-state index in [1.807, 2.05) is 36.4 Å².